The van der Waals surface area contributed by atoms with Crippen LogP contribution in [0, 0.1) is 13.8 Å². The quantitative estimate of drug-likeness (QED) is 0.840. The molecule has 1 aromatic carbocycles. The summed E-state index contributed by atoms with van der Waals surface area (Å²) < 4.78 is 23.3. The second-order valence-corrected chi connectivity index (χ2v) is 9.65. The summed E-state index contributed by atoms with van der Waals surface area (Å²) in [4.78, 5) is 20.0. The van der Waals surface area contributed by atoms with Gasteiger partial charge in [0.05, 0.1) is 17.2 Å². The number of hydrogen-bond acceptors (Lipinski definition) is 5. The molecule has 5 nitrogen and oxygen atoms in total. The molecule has 1 saturated heterocycles. The van der Waals surface area contributed by atoms with Gasteiger partial charge in [0.1, 0.15) is 5.01 Å². The summed E-state index contributed by atoms with van der Waals surface area (Å²) in [7, 11) is -1.33. The number of amides is 1. The van der Waals surface area contributed by atoms with E-state index in [1.165, 1.54) is 0 Å². The Hall–Kier alpha value is -1.73. The Bertz CT molecular complexity index is 867. The molecule has 0 spiro atoms. The zero-order chi connectivity index (χ0) is 17.5. The number of carbonyl (C=O) groups excluding carboxylic acids is 1. The number of aromatic nitrogens is 1. The van der Waals surface area contributed by atoms with Crippen LogP contribution in [-0.4, -0.2) is 48.8 Å². The molecule has 0 N–H and O–H groups in total. The molecular weight excluding hydrogens is 344 g/mol. The minimum atomic E-state index is -3.01. The lowest BCUT2D eigenvalue weighted by Crippen LogP contribution is -2.37. The van der Waals surface area contributed by atoms with Crippen molar-refractivity contribution < 1.29 is 13.2 Å². The zero-order valence-electron chi connectivity index (χ0n) is 13.9. The van der Waals surface area contributed by atoms with Crippen LogP contribution < -0.4 is 0 Å². The highest BCUT2D eigenvalue weighted by Gasteiger charge is 2.33. The van der Waals surface area contributed by atoms with E-state index < -0.39 is 9.84 Å². The maximum atomic E-state index is 12.7. The van der Waals surface area contributed by atoms with Crippen molar-refractivity contribution in [2.45, 2.75) is 26.3 Å². The van der Waals surface area contributed by atoms with Crippen molar-refractivity contribution in [3.63, 3.8) is 0 Å². The monoisotopic (exact) mass is 364 g/mol. The Morgan fingerprint density at radius 1 is 1.33 bits per heavy atom. The van der Waals surface area contributed by atoms with Gasteiger partial charge in [-0.2, -0.15) is 0 Å². The van der Waals surface area contributed by atoms with Crippen molar-refractivity contribution >= 4 is 27.1 Å². The molecule has 1 atom stereocenters. The molecule has 7 heteroatoms. The first kappa shape index (κ1) is 17.1. The maximum absolute atomic E-state index is 12.7. The Balaban J connectivity index is 1.84. The molecule has 1 amide bonds. The number of sulfone groups is 1. The molecular formula is C17H20N2O3S2. The summed E-state index contributed by atoms with van der Waals surface area (Å²) in [5.41, 5.74) is 2.47. The van der Waals surface area contributed by atoms with Crippen molar-refractivity contribution in [3.05, 3.63) is 40.4 Å². The fourth-order valence-corrected chi connectivity index (χ4v) is 5.52. The summed E-state index contributed by atoms with van der Waals surface area (Å²) in [6.07, 6.45) is 0.509. The first-order valence-corrected chi connectivity index (χ1v) is 10.4. The van der Waals surface area contributed by atoms with Gasteiger partial charge in [-0.1, -0.05) is 12.1 Å². The van der Waals surface area contributed by atoms with Crippen LogP contribution >= 0.6 is 11.3 Å². The number of rotatable bonds is 3. The molecule has 0 bridgehead atoms. The van der Waals surface area contributed by atoms with Gasteiger partial charge in [0, 0.05) is 29.1 Å². The van der Waals surface area contributed by atoms with Gasteiger partial charge in [-0.15, -0.1) is 11.3 Å². The lowest BCUT2D eigenvalue weighted by molar-refractivity contribution is 0.0748. The van der Waals surface area contributed by atoms with Crippen molar-refractivity contribution in [3.8, 4) is 10.6 Å². The number of benzene rings is 1. The normalized spacial score (nSPS) is 19.4. The maximum Gasteiger partial charge on any atom is 0.253 e. The predicted octanol–water partition coefficient (Wildman–Crippen LogP) is 2.69. The molecule has 3 rings (SSSR count). The Kier molecular flexibility index (Phi) is 4.48. The first-order valence-electron chi connectivity index (χ1n) is 7.79. The lowest BCUT2D eigenvalue weighted by Gasteiger charge is -2.23. The van der Waals surface area contributed by atoms with Crippen molar-refractivity contribution in [2.75, 3.05) is 18.6 Å². The Morgan fingerprint density at radius 2 is 2.08 bits per heavy atom. The molecule has 1 aliphatic heterocycles. The molecule has 128 valence electrons. The summed E-state index contributed by atoms with van der Waals surface area (Å²) in [6.45, 7) is 4.00. The molecule has 2 aromatic rings. The molecule has 24 heavy (non-hydrogen) atoms. The van der Waals surface area contributed by atoms with Crippen LogP contribution in [0.25, 0.3) is 10.6 Å². The number of carbonyl (C=O) groups is 1. The van der Waals surface area contributed by atoms with Gasteiger partial charge in [0.2, 0.25) is 0 Å². The predicted molar refractivity (Wildman–Crippen MR) is 96.2 cm³/mol. The van der Waals surface area contributed by atoms with E-state index in [9.17, 15) is 13.2 Å². The highest BCUT2D eigenvalue weighted by molar-refractivity contribution is 7.91. The standard InChI is InChI=1S/C17H20N2O3S2/c1-11-12(2)23-16(18-11)13-5-4-6-14(9-13)17(20)19(3)15-7-8-24(21,22)10-15/h4-6,9,15H,7-8,10H2,1-3H3. The van der Waals surface area contributed by atoms with E-state index >= 15 is 0 Å². The van der Waals surface area contributed by atoms with Gasteiger partial charge in [-0.25, -0.2) is 13.4 Å². The van der Waals surface area contributed by atoms with Gasteiger partial charge < -0.3 is 4.90 Å². The van der Waals surface area contributed by atoms with Gasteiger partial charge >= 0.3 is 0 Å². The second kappa shape index (κ2) is 6.29. The average Bonchev–Trinajstić information content (AvgIpc) is 3.08. The minimum absolute atomic E-state index is 0.0554. The van der Waals surface area contributed by atoms with Crippen LogP contribution in [0.15, 0.2) is 24.3 Å². The zero-order valence-corrected chi connectivity index (χ0v) is 15.6. The largest absolute Gasteiger partial charge is 0.338 e. The summed E-state index contributed by atoms with van der Waals surface area (Å²) in [5.74, 6) is 0.0660. The second-order valence-electron chi connectivity index (χ2n) is 6.21. The number of nitrogens with zero attached hydrogens (tertiary/aromatic N) is 2. The molecule has 1 aromatic heterocycles. The van der Waals surface area contributed by atoms with E-state index in [0.29, 0.717) is 12.0 Å². The Labute approximate surface area is 146 Å². The number of hydrogen-bond donors (Lipinski definition) is 0. The fourth-order valence-electron chi connectivity index (χ4n) is 2.83. The summed E-state index contributed by atoms with van der Waals surface area (Å²) >= 11 is 1.61. The number of aryl methyl sites for hydroxylation is 2. The van der Waals surface area contributed by atoms with Crippen LogP contribution in [0.4, 0.5) is 0 Å². The topological polar surface area (TPSA) is 67.3 Å². The highest BCUT2D eigenvalue weighted by atomic mass is 32.2. The third-order valence-electron chi connectivity index (χ3n) is 4.46. The first-order chi connectivity index (χ1) is 11.3. The van der Waals surface area contributed by atoms with Crippen LogP contribution in [0.5, 0.6) is 0 Å². The van der Waals surface area contributed by atoms with Crippen LogP contribution in [0.3, 0.4) is 0 Å². The van der Waals surface area contributed by atoms with Gasteiger partial charge in [0.15, 0.2) is 9.84 Å². The van der Waals surface area contributed by atoms with Crippen molar-refractivity contribution in [2.24, 2.45) is 0 Å². The molecule has 1 aliphatic rings. The van der Waals surface area contributed by atoms with E-state index in [4.69, 9.17) is 0 Å². The van der Waals surface area contributed by atoms with Gasteiger partial charge in [-0.3, -0.25) is 4.79 Å². The van der Waals surface area contributed by atoms with E-state index in [1.807, 2.05) is 32.0 Å². The highest BCUT2D eigenvalue weighted by Crippen LogP contribution is 2.28. The van der Waals surface area contributed by atoms with E-state index in [2.05, 4.69) is 4.98 Å². The molecule has 0 saturated carbocycles. The fraction of sp³-hybridized carbons (Fsp3) is 0.412. The Morgan fingerprint density at radius 3 is 2.67 bits per heavy atom. The minimum Gasteiger partial charge on any atom is -0.338 e. The average molecular weight is 364 g/mol. The molecule has 0 aliphatic carbocycles. The lowest BCUT2D eigenvalue weighted by atomic mass is 10.1. The molecule has 1 fully saturated rings. The molecule has 2 heterocycles. The smallest absolute Gasteiger partial charge is 0.253 e. The van der Waals surface area contributed by atoms with Crippen molar-refractivity contribution in [1.82, 2.24) is 9.88 Å². The van der Waals surface area contributed by atoms with E-state index in [1.54, 1.807) is 29.4 Å². The molecule has 0 radical (unpaired) electrons. The summed E-state index contributed by atoms with van der Waals surface area (Å²) in [5, 5.41) is 0.894. The van der Waals surface area contributed by atoms with Crippen LogP contribution in [0.2, 0.25) is 0 Å². The van der Waals surface area contributed by atoms with Crippen LogP contribution in [-0.2, 0) is 9.84 Å². The SMILES string of the molecule is Cc1nc(-c2cccc(C(=O)N(C)C3CCS(=O)(=O)C3)c2)sc1C. The molecule has 1 unspecified atom stereocenters. The van der Waals surface area contributed by atoms with Crippen LogP contribution in [0.1, 0.15) is 27.3 Å². The third-order valence-corrected chi connectivity index (χ3v) is 7.33. The third kappa shape index (κ3) is 3.37. The van der Waals surface area contributed by atoms with E-state index in [-0.39, 0.29) is 23.5 Å². The summed E-state index contributed by atoms with van der Waals surface area (Å²) in [6, 6.07) is 7.14. The van der Waals surface area contributed by atoms with Gasteiger partial charge in [0.25, 0.3) is 5.91 Å². The van der Waals surface area contributed by atoms with E-state index in [0.717, 1.165) is 21.1 Å². The van der Waals surface area contributed by atoms with Gasteiger partial charge in [-0.05, 0) is 32.4 Å². The van der Waals surface area contributed by atoms with Crippen molar-refractivity contribution in [1.29, 1.82) is 0 Å². The number of thiazole rings is 1.